The van der Waals surface area contributed by atoms with Gasteiger partial charge in [0, 0.05) is 13.0 Å². The number of fused-ring (bicyclic) bond motifs is 1. The lowest BCUT2D eigenvalue weighted by atomic mass is 10.2. The second-order valence-corrected chi connectivity index (χ2v) is 5.37. The lowest BCUT2D eigenvalue weighted by Gasteiger charge is -2.05. The molecule has 0 atom stereocenters. The first-order valence-electron chi connectivity index (χ1n) is 6.22. The number of hydrogen-bond acceptors (Lipinski definition) is 7. The molecule has 3 heterocycles. The summed E-state index contributed by atoms with van der Waals surface area (Å²) >= 11 is 1.16. The minimum atomic E-state index is -0.942. The summed E-state index contributed by atoms with van der Waals surface area (Å²) in [5.74, 6) is 0.477. The molecule has 0 saturated carbocycles. The maximum Gasteiger partial charge on any atom is 0.346 e. The molecule has 9 heteroatoms. The molecule has 8 nitrogen and oxygen atoms in total. The highest BCUT2D eigenvalue weighted by atomic mass is 32.1. The molecule has 0 aliphatic heterocycles. The SMILES string of the molecule is Cc1c(C(=O)O)sc2ncnc(NCCc3ncn[nH]3)c12. The van der Waals surface area contributed by atoms with E-state index in [0.717, 1.165) is 22.5 Å². The first-order chi connectivity index (χ1) is 10.2. The Morgan fingerprint density at radius 3 is 2.95 bits per heavy atom. The Hall–Kier alpha value is -2.55. The molecule has 0 aromatic carbocycles. The van der Waals surface area contributed by atoms with Crippen LogP contribution in [-0.2, 0) is 6.42 Å². The number of aromatic carboxylic acids is 1. The van der Waals surface area contributed by atoms with Gasteiger partial charge in [-0.15, -0.1) is 11.3 Å². The fourth-order valence-electron chi connectivity index (χ4n) is 2.06. The Morgan fingerprint density at radius 1 is 1.38 bits per heavy atom. The van der Waals surface area contributed by atoms with Crippen LogP contribution in [0.5, 0.6) is 0 Å². The molecule has 0 fully saturated rings. The first-order valence-corrected chi connectivity index (χ1v) is 7.04. The van der Waals surface area contributed by atoms with Crippen molar-refractivity contribution in [3.63, 3.8) is 0 Å². The van der Waals surface area contributed by atoms with E-state index in [1.165, 1.54) is 12.7 Å². The van der Waals surface area contributed by atoms with E-state index in [-0.39, 0.29) is 0 Å². The molecule has 0 aliphatic rings. The number of nitrogens with zero attached hydrogens (tertiary/aromatic N) is 4. The maximum absolute atomic E-state index is 11.2. The van der Waals surface area contributed by atoms with Gasteiger partial charge in [0.15, 0.2) is 0 Å². The Morgan fingerprint density at radius 2 is 2.24 bits per heavy atom. The molecule has 3 N–H and O–H groups in total. The predicted octanol–water partition coefficient (Wildman–Crippen LogP) is 1.47. The maximum atomic E-state index is 11.2. The molecule has 0 aliphatic carbocycles. The number of nitrogens with one attached hydrogen (secondary N) is 2. The highest BCUT2D eigenvalue weighted by Crippen LogP contribution is 2.33. The molecule has 21 heavy (non-hydrogen) atoms. The van der Waals surface area contributed by atoms with Gasteiger partial charge in [0.25, 0.3) is 0 Å². The normalized spacial score (nSPS) is 10.9. The van der Waals surface area contributed by atoms with Gasteiger partial charge in [-0.2, -0.15) is 5.10 Å². The minimum absolute atomic E-state index is 0.295. The quantitative estimate of drug-likeness (QED) is 0.653. The molecule has 0 spiro atoms. The number of aryl methyl sites for hydroxylation is 1. The van der Waals surface area contributed by atoms with Crippen LogP contribution in [0.2, 0.25) is 0 Å². The van der Waals surface area contributed by atoms with Gasteiger partial charge in [0.2, 0.25) is 0 Å². The first kappa shape index (κ1) is 13.4. The van der Waals surface area contributed by atoms with Crippen molar-refractivity contribution < 1.29 is 9.90 Å². The van der Waals surface area contributed by atoms with Crippen LogP contribution in [0, 0.1) is 6.92 Å². The molecule has 0 radical (unpaired) electrons. The predicted molar refractivity (Wildman–Crippen MR) is 77.7 cm³/mol. The van der Waals surface area contributed by atoms with Crippen molar-refractivity contribution in [3.8, 4) is 0 Å². The summed E-state index contributed by atoms with van der Waals surface area (Å²) in [7, 11) is 0. The molecule has 0 saturated heterocycles. The summed E-state index contributed by atoms with van der Waals surface area (Å²) < 4.78 is 0. The molecule has 108 valence electrons. The summed E-state index contributed by atoms with van der Waals surface area (Å²) in [4.78, 5) is 24.5. The third kappa shape index (κ3) is 2.55. The van der Waals surface area contributed by atoms with Crippen LogP contribution < -0.4 is 5.32 Å². The van der Waals surface area contributed by atoms with Crippen molar-refractivity contribution >= 4 is 33.3 Å². The van der Waals surface area contributed by atoms with Crippen LogP contribution in [-0.4, -0.2) is 42.8 Å². The fourth-order valence-corrected chi connectivity index (χ4v) is 3.05. The Kier molecular flexibility index (Phi) is 3.48. The Balaban J connectivity index is 1.86. The third-order valence-electron chi connectivity index (χ3n) is 3.04. The Bertz CT molecular complexity index is 783. The highest BCUT2D eigenvalue weighted by Gasteiger charge is 2.18. The number of hydrogen-bond donors (Lipinski definition) is 3. The van der Waals surface area contributed by atoms with E-state index in [1.54, 1.807) is 6.92 Å². The number of H-pyrrole nitrogens is 1. The lowest BCUT2D eigenvalue weighted by Crippen LogP contribution is -2.08. The number of carboxylic acid groups (broad SMARTS) is 1. The van der Waals surface area contributed by atoms with E-state index in [1.807, 2.05) is 0 Å². The van der Waals surface area contributed by atoms with Crippen LogP contribution in [0.4, 0.5) is 5.82 Å². The van der Waals surface area contributed by atoms with Gasteiger partial charge in [-0.3, -0.25) is 5.10 Å². The summed E-state index contributed by atoms with van der Waals surface area (Å²) in [5.41, 5.74) is 0.685. The van der Waals surface area contributed by atoms with Gasteiger partial charge < -0.3 is 10.4 Å². The fraction of sp³-hybridized carbons (Fsp3) is 0.250. The van der Waals surface area contributed by atoms with Crippen molar-refractivity contribution in [3.05, 3.63) is 28.9 Å². The van der Waals surface area contributed by atoms with E-state index >= 15 is 0 Å². The molecule has 0 bridgehead atoms. The minimum Gasteiger partial charge on any atom is -0.477 e. The van der Waals surface area contributed by atoms with E-state index in [2.05, 4.69) is 30.5 Å². The number of carbonyl (C=O) groups is 1. The van der Waals surface area contributed by atoms with E-state index < -0.39 is 5.97 Å². The van der Waals surface area contributed by atoms with Crippen LogP contribution >= 0.6 is 11.3 Å². The standard InChI is InChI=1S/C12H12N6O2S/c1-6-8-10(13-3-2-7-14-5-17-18-7)15-4-16-11(8)21-9(6)12(19)20/h4-5H,2-3H2,1H3,(H,19,20)(H,13,15,16)(H,14,17,18). The molecule has 3 rings (SSSR count). The third-order valence-corrected chi connectivity index (χ3v) is 4.23. The van der Waals surface area contributed by atoms with Crippen molar-refractivity contribution in [2.75, 3.05) is 11.9 Å². The van der Waals surface area contributed by atoms with Crippen LogP contribution in [0.3, 0.4) is 0 Å². The van der Waals surface area contributed by atoms with Gasteiger partial charge in [-0.25, -0.2) is 19.7 Å². The summed E-state index contributed by atoms with van der Waals surface area (Å²) in [6.07, 6.45) is 3.56. The number of thiophene rings is 1. The number of carboxylic acids is 1. The van der Waals surface area contributed by atoms with Crippen molar-refractivity contribution in [1.82, 2.24) is 25.1 Å². The molecule has 0 amide bonds. The van der Waals surface area contributed by atoms with Crippen LogP contribution in [0.1, 0.15) is 21.1 Å². The summed E-state index contributed by atoms with van der Waals surface area (Å²) in [6, 6.07) is 0. The van der Waals surface area contributed by atoms with Gasteiger partial charge >= 0.3 is 5.97 Å². The van der Waals surface area contributed by atoms with E-state index in [4.69, 9.17) is 0 Å². The number of rotatable bonds is 5. The Labute approximate surface area is 123 Å². The van der Waals surface area contributed by atoms with Crippen molar-refractivity contribution in [1.29, 1.82) is 0 Å². The van der Waals surface area contributed by atoms with E-state index in [9.17, 15) is 9.90 Å². The molecule has 0 unspecified atom stereocenters. The highest BCUT2D eigenvalue weighted by molar-refractivity contribution is 7.20. The van der Waals surface area contributed by atoms with E-state index in [0.29, 0.717) is 34.1 Å². The monoisotopic (exact) mass is 304 g/mol. The molecule has 3 aromatic rings. The molecular formula is C12H12N6O2S. The summed E-state index contributed by atoms with van der Waals surface area (Å²) in [6.45, 7) is 2.38. The average molecular weight is 304 g/mol. The largest absolute Gasteiger partial charge is 0.477 e. The number of anilines is 1. The van der Waals surface area contributed by atoms with Gasteiger partial charge in [-0.05, 0) is 12.5 Å². The number of aromatic amines is 1. The zero-order valence-corrected chi connectivity index (χ0v) is 11.9. The molecule has 3 aromatic heterocycles. The lowest BCUT2D eigenvalue weighted by molar-refractivity contribution is 0.0701. The zero-order valence-electron chi connectivity index (χ0n) is 11.1. The molecular weight excluding hydrogens is 292 g/mol. The second kappa shape index (κ2) is 5.44. The van der Waals surface area contributed by atoms with Gasteiger partial charge in [0.05, 0.1) is 5.39 Å². The van der Waals surface area contributed by atoms with Crippen molar-refractivity contribution in [2.24, 2.45) is 0 Å². The average Bonchev–Trinajstić information content (AvgIpc) is 3.07. The second-order valence-electron chi connectivity index (χ2n) is 4.37. The van der Waals surface area contributed by atoms with Crippen molar-refractivity contribution in [2.45, 2.75) is 13.3 Å². The van der Waals surface area contributed by atoms with Crippen LogP contribution in [0.15, 0.2) is 12.7 Å². The summed E-state index contributed by atoms with van der Waals surface area (Å²) in [5, 5.41) is 19.7. The topological polar surface area (TPSA) is 117 Å². The zero-order chi connectivity index (χ0) is 14.8. The smallest absolute Gasteiger partial charge is 0.346 e. The van der Waals surface area contributed by atoms with Crippen LogP contribution in [0.25, 0.3) is 10.2 Å². The van der Waals surface area contributed by atoms with Gasteiger partial charge in [-0.1, -0.05) is 0 Å². The number of aromatic nitrogens is 5. The van der Waals surface area contributed by atoms with Gasteiger partial charge in [0.1, 0.15) is 34.0 Å².